The molecule has 0 unspecified atom stereocenters. The van der Waals surface area contributed by atoms with E-state index in [1.165, 1.54) is 25.0 Å². The molecule has 0 spiro atoms. The van der Waals surface area contributed by atoms with Crippen molar-refractivity contribution < 1.29 is 13.2 Å². The van der Waals surface area contributed by atoms with Crippen LogP contribution in [0.5, 0.6) is 0 Å². The highest BCUT2D eigenvalue weighted by Crippen LogP contribution is 2.16. The van der Waals surface area contributed by atoms with Gasteiger partial charge < -0.3 is 10.2 Å². The molecule has 6 nitrogen and oxygen atoms in total. The Balaban J connectivity index is 2.00. The highest BCUT2D eigenvalue weighted by atomic mass is 32.2. The summed E-state index contributed by atoms with van der Waals surface area (Å²) in [6.07, 6.45) is 4.40. The predicted molar refractivity (Wildman–Crippen MR) is 91.0 cm³/mol. The van der Waals surface area contributed by atoms with Crippen LogP contribution in [-0.4, -0.2) is 38.5 Å². The molecule has 2 amide bonds. The maximum Gasteiger partial charge on any atom is 0.321 e. The molecular formula is C16H25N3O3S. The number of amides is 2. The first-order chi connectivity index (χ1) is 10.9. The second-order valence-electron chi connectivity index (χ2n) is 6.13. The number of nitrogens with one attached hydrogen (secondary N) is 2. The molecule has 1 saturated heterocycles. The van der Waals surface area contributed by atoms with Gasteiger partial charge in [-0.25, -0.2) is 17.9 Å². The molecule has 128 valence electrons. The van der Waals surface area contributed by atoms with Gasteiger partial charge in [-0.15, -0.1) is 0 Å². The Hall–Kier alpha value is -1.60. The lowest BCUT2D eigenvalue weighted by Crippen LogP contribution is -2.35. The topological polar surface area (TPSA) is 78.5 Å². The summed E-state index contributed by atoms with van der Waals surface area (Å²) in [5, 5.41) is 2.83. The lowest BCUT2D eigenvalue weighted by molar-refractivity contribution is 0.214. The zero-order valence-electron chi connectivity index (χ0n) is 13.7. The van der Waals surface area contributed by atoms with Crippen molar-refractivity contribution >= 4 is 21.7 Å². The van der Waals surface area contributed by atoms with E-state index >= 15 is 0 Å². The number of benzene rings is 1. The molecule has 23 heavy (non-hydrogen) atoms. The van der Waals surface area contributed by atoms with Gasteiger partial charge in [-0.3, -0.25) is 0 Å². The highest BCUT2D eigenvalue weighted by Gasteiger charge is 2.17. The van der Waals surface area contributed by atoms with Gasteiger partial charge in [0.25, 0.3) is 0 Å². The lowest BCUT2D eigenvalue weighted by Gasteiger charge is -2.20. The van der Waals surface area contributed by atoms with Gasteiger partial charge >= 0.3 is 6.03 Å². The van der Waals surface area contributed by atoms with Gasteiger partial charge in [-0.1, -0.05) is 12.8 Å². The number of sulfonamides is 1. The average molecular weight is 339 g/mol. The van der Waals surface area contributed by atoms with E-state index in [1.807, 2.05) is 4.90 Å². The molecule has 0 radical (unpaired) electrons. The van der Waals surface area contributed by atoms with Crippen LogP contribution in [0.2, 0.25) is 0 Å². The summed E-state index contributed by atoms with van der Waals surface area (Å²) in [5.41, 5.74) is 0.600. The summed E-state index contributed by atoms with van der Waals surface area (Å²) in [6, 6.07) is 5.95. The monoisotopic (exact) mass is 339 g/mol. The maximum atomic E-state index is 12.2. The van der Waals surface area contributed by atoms with Crippen molar-refractivity contribution in [1.29, 1.82) is 0 Å². The molecule has 1 aromatic carbocycles. The molecule has 2 N–H and O–H groups in total. The van der Waals surface area contributed by atoms with Crippen molar-refractivity contribution in [3.05, 3.63) is 24.3 Å². The third-order valence-corrected chi connectivity index (χ3v) is 5.37. The van der Waals surface area contributed by atoms with E-state index in [2.05, 4.69) is 10.0 Å². The molecule has 2 rings (SSSR count). The van der Waals surface area contributed by atoms with Crippen molar-refractivity contribution in [2.24, 2.45) is 0 Å². The first-order valence-corrected chi connectivity index (χ1v) is 9.55. The standard InChI is InChI=1S/C16H25N3O3S/c1-13(2)18-23(21,22)15-9-7-14(8-10-15)17-16(20)19-11-5-3-4-6-12-19/h7-10,13,18H,3-6,11-12H2,1-2H3,(H,17,20). The molecule has 0 saturated carbocycles. The second kappa shape index (κ2) is 7.79. The Labute approximate surface area is 138 Å². The van der Waals surface area contributed by atoms with Crippen molar-refractivity contribution in [2.45, 2.75) is 50.5 Å². The highest BCUT2D eigenvalue weighted by molar-refractivity contribution is 7.89. The van der Waals surface area contributed by atoms with Crippen molar-refractivity contribution in [2.75, 3.05) is 18.4 Å². The van der Waals surface area contributed by atoms with Gasteiger partial charge in [0.1, 0.15) is 0 Å². The van der Waals surface area contributed by atoms with Gasteiger partial charge in [-0.05, 0) is 51.0 Å². The zero-order valence-corrected chi connectivity index (χ0v) is 14.5. The first-order valence-electron chi connectivity index (χ1n) is 8.07. The summed E-state index contributed by atoms with van der Waals surface area (Å²) in [6.45, 7) is 5.09. The minimum atomic E-state index is -3.50. The molecule has 7 heteroatoms. The van der Waals surface area contributed by atoms with E-state index in [0.29, 0.717) is 5.69 Å². The SMILES string of the molecule is CC(C)NS(=O)(=O)c1ccc(NC(=O)N2CCCCCC2)cc1. The number of nitrogens with zero attached hydrogens (tertiary/aromatic N) is 1. The number of hydrogen-bond acceptors (Lipinski definition) is 3. The summed E-state index contributed by atoms with van der Waals surface area (Å²) in [4.78, 5) is 14.2. The van der Waals surface area contributed by atoms with Crippen LogP contribution in [0.4, 0.5) is 10.5 Å². The van der Waals surface area contributed by atoms with E-state index in [1.54, 1.807) is 26.0 Å². The lowest BCUT2D eigenvalue weighted by atomic mass is 10.2. The third kappa shape index (κ3) is 5.21. The van der Waals surface area contributed by atoms with Crippen LogP contribution in [0.25, 0.3) is 0 Å². The van der Waals surface area contributed by atoms with E-state index in [9.17, 15) is 13.2 Å². The fourth-order valence-electron chi connectivity index (χ4n) is 2.57. The van der Waals surface area contributed by atoms with Crippen LogP contribution in [-0.2, 0) is 10.0 Å². The van der Waals surface area contributed by atoms with Gasteiger partial charge in [0, 0.05) is 24.8 Å². The summed E-state index contributed by atoms with van der Waals surface area (Å²) in [5.74, 6) is 0. The van der Waals surface area contributed by atoms with E-state index in [0.717, 1.165) is 25.9 Å². The Morgan fingerprint density at radius 3 is 2.13 bits per heavy atom. The van der Waals surface area contributed by atoms with Crippen LogP contribution in [0.1, 0.15) is 39.5 Å². The van der Waals surface area contributed by atoms with Crippen LogP contribution < -0.4 is 10.0 Å². The Bertz CT molecular complexity index is 618. The second-order valence-corrected chi connectivity index (χ2v) is 7.85. The molecule has 1 aromatic rings. The number of urea groups is 1. The van der Waals surface area contributed by atoms with Crippen LogP contribution in [0, 0.1) is 0 Å². The first kappa shape index (κ1) is 17.7. The normalized spacial score (nSPS) is 16.2. The number of carbonyl (C=O) groups excluding carboxylic acids is 1. The number of rotatable bonds is 4. The van der Waals surface area contributed by atoms with Crippen molar-refractivity contribution in [3.63, 3.8) is 0 Å². The predicted octanol–water partition coefficient (Wildman–Crippen LogP) is 2.78. The van der Waals surface area contributed by atoms with E-state index < -0.39 is 10.0 Å². The minimum Gasteiger partial charge on any atom is -0.325 e. The summed E-state index contributed by atoms with van der Waals surface area (Å²) < 4.78 is 26.6. The Morgan fingerprint density at radius 2 is 1.61 bits per heavy atom. The van der Waals surface area contributed by atoms with Crippen molar-refractivity contribution in [3.8, 4) is 0 Å². The smallest absolute Gasteiger partial charge is 0.321 e. The number of carbonyl (C=O) groups is 1. The molecular weight excluding hydrogens is 314 g/mol. The van der Waals surface area contributed by atoms with Crippen LogP contribution >= 0.6 is 0 Å². The molecule has 0 aromatic heterocycles. The molecule has 1 aliphatic rings. The molecule has 1 heterocycles. The quantitative estimate of drug-likeness (QED) is 0.885. The zero-order chi connectivity index (χ0) is 16.9. The molecule has 0 atom stereocenters. The minimum absolute atomic E-state index is 0.122. The number of anilines is 1. The third-order valence-electron chi connectivity index (χ3n) is 3.70. The van der Waals surface area contributed by atoms with Gasteiger partial charge in [0.15, 0.2) is 0 Å². The number of hydrogen-bond donors (Lipinski definition) is 2. The maximum absolute atomic E-state index is 12.2. The molecule has 1 aliphatic heterocycles. The molecule has 0 bridgehead atoms. The number of likely N-dealkylation sites (tertiary alicyclic amines) is 1. The fourth-order valence-corrected chi connectivity index (χ4v) is 3.82. The Morgan fingerprint density at radius 1 is 1.04 bits per heavy atom. The van der Waals surface area contributed by atoms with Crippen molar-refractivity contribution in [1.82, 2.24) is 9.62 Å². The molecule has 1 fully saturated rings. The van der Waals surface area contributed by atoms with E-state index in [-0.39, 0.29) is 17.0 Å². The van der Waals surface area contributed by atoms with Gasteiger partial charge in [0.05, 0.1) is 4.90 Å². The van der Waals surface area contributed by atoms with E-state index in [4.69, 9.17) is 0 Å². The average Bonchev–Trinajstić information content (AvgIpc) is 2.75. The van der Waals surface area contributed by atoms with Gasteiger partial charge in [0.2, 0.25) is 10.0 Å². The summed E-state index contributed by atoms with van der Waals surface area (Å²) in [7, 11) is -3.50. The summed E-state index contributed by atoms with van der Waals surface area (Å²) >= 11 is 0. The van der Waals surface area contributed by atoms with Crippen LogP contribution in [0.15, 0.2) is 29.2 Å². The largest absolute Gasteiger partial charge is 0.325 e. The Kier molecular flexibility index (Phi) is 6.01. The van der Waals surface area contributed by atoms with Gasteiger partial charge in [-0.2, -0.15) is 0 Å². The van der Waals surface area contributed by atoms with Crippen LogP contribution in [0.3, 0.4) is 0 Å². The fraction of sp³-hybridized carbons (Fsp3) is 0.562. The molecule has 0 aliphatic carbocycles.